The summed E-state index contributed by atoms with van der Waals surface area (Å²) in [6.07, 6.45) is 0. The van der Waals surface area contributed by atoms with E-state index in [4.69, 9.17) is 8.83 Å². The third-order valence-corrected chi connectivity index (χ3v) is 7.82. The Morgan fingerprint density at radius 1 is 0.714 bits per heavy atom. The van der Waals surface area contributed by atoms with E-state index in [1.165, 1.54) is 0 Å². The molecule has 0 radical (unpaired) electrons. The van der Waals surface area contributed by atoms with E-state index in [9.17, 15) is 0 Å². The maximum atomic E-state index is 6.67. The summed E-state index contributed by atoms with van der Waals surface area (Å²) in [5.41, 5.74) is 6.84. The van der Waals surface area contributed by atoms with Crippen molar-refractivity contribution in [3.63, 3.8) is 0 Å². The zero-order valence-electron chi connectivity index (χ0n) is 24.6. The summed E-state index contributed by atoms with van der Waals surface area (Å²) in [5.74, 6) is 1.29. The van der Waals surface area contributed by atoms with Crippen LogP contribution in [0.2, 0.25) is 0 Å². The van der Waals surface area contributed by atoms with Crippen molar-refractivity contribution >= 4 is 28.4 Å². The van der Waals surface area contributed by atoms with Crippen LogP contribution in [0, 0.1) is 0 Å². The van der Waals surface area contributed by atoms with Gasteiger partial charge in [0.05, 0.1) is 6.07 Å². The van der Waals surface area contributed by atoms with Gasteiger partial charge in [-0.05, 0) is 69.7 Å². The van der Waals surface area contributed by atoms with Gasteiger partial charge in [-0.25, -0.2) is 4.58 Å². The molecule has 7 heteroatoms. The number of para-hydroxylation sites is 1. The van der Waals surface area contributed by atoms with Gasteiger partial charge in [0.1, 0.15) is 24.4 Å². The lowest BCUT2D eigenvalue weighted by molar-refractivity contribution is 0.588. The summed E-state index contributed by atoms with van der Waals surface area (Å²) in [6.45, 7) is 12.4. The summed E-state index contributed by atoms with van der Waals surface area (Å²) < 4.78 is 15.2. The van der Waals surface area contributed by atoms with Crippen LogP contribution >= 0.6 is 0 Å². The minimum Gasteiger partial charge on any atom is -0.456 e. The van der Waals surface area contributed by atoms with Crippen LogP contribution in [0.3, 0.4) is 0 Å². The van der Waals surface area contributed by atoms with Gasteiger partial charge in [0.25, 0.3) is 0 Å². The zero-order chi connectivity index (χ0) is 29.1. The van der Waals surface area contributed by atoms with E-state index in [0.29, 0.717) is 11.9 Å². The maximum absolute atomic E-state index is 6.67. The quantitative estimate of drug-likeness (QED) is 0.145. The van der Waals surface area contributed by atoms with E-state index in [1.807, 2.05) is 42.5 Å². The third-order valence-electron chi connectivity index (χ3n) is 7.82. The topological polar surface area (TPSA) is 70.3 Å². The molecule has 6 rings (SSSR count). The molecular formula is C35H36N5O2+. The molecule has 1 aliphatic heterocycles. The minimum absolute atomic E-state index is 0.344. The van der Waals surface area contributed by atoms with Crippen LogP contribution in [0.5, 0.6) is 0 Å². The smallest absolute Gasteiger partial charge is 0.320 e. The third kappa shape index (κ3) is 5.14. The summed E-state index contributed by atoms with van der Waals surface area (Å²) >= 11 is 0. The Hall–Kier alpha value is -4.91. The number of benzene rings is 4. The van der Waals surface area contributed by atoms with Gasteiger partial charge in [0.15, 0.2) is 0 Å². The first-order chi connectivity index (χ1) is 20.6. The molecule has 212 valence electrons. The van der Waals surface area contributed by atoms with Crippen LogP contribution < -0.4 is 20.1 Å². The fourth-order valence-electron chi connectivity index (χ4n) is 5.64. The van der Waals surface area contributed by atoms with E-state index in [1.54, 1.807) is 0 Å². The van der Waals surface area contributed by atoms with Crippen molar-refractivity contribution in [3.8, 4) is 33.9 Å². The molecule has 0 bridgehead atoms. The maximum Gasteiger partial charge on any atom is 0.320 e. The lowest BCUT2D eigenvalue weighted by Gasteiger charge is -2.22. The molecule has 1 N–H and O–H groups in total. The number of anilines is 3. The lowest BCUT2D eigenvalue weighted by atomic mass is 9.90. The second kappa shape index (κ2) is 11.9. The highest BCUT2D eigenvalue weighted by Gasteiger charge is 2.23. The first-order valence-corrected chi connectivity index (χ1v) is 14.7. The second-order valence-electron chi connectivity index (χ2n) is 10.1. The van der Waals surface area contributed by atoms with E-state index in [2.05, 4.69) is 101 Å². The van der Waals surface area contributed by atoms with Crippen molar-refractivity contribution in [2.75, 3.05) is 36.4 Å². The predicted molar refractivity (Wildman–Crippen MR) is 171 cm³/mol. The first-order valence-electron chi connectivity index (χ1n) is 14.7. The Kier molecular flexibility index (Phi) is 7.73. The monoisotopic (exact) mass is 558 g/mol. The number of nitrogens with one attached hydrogen (secondary N) is 1. The van der Waals surface area contributed by atoms with Gasteiger partial charge in [-0.15, -0.1) is 5.10 Å². The average molecular weight is 559 g/mol. The highest BCUT2D eigenvalue weighted by Crippen LogP contribution is 2.44. The Morgan fingerprint density at radius 3 is 2.19 bits per heavy atom. The van der Waals surface area contributed by atoms with Gasteiger partial charge < -0.3 is 19.1 Å². The zero-order valence-corrected chi connectivity index (χ0v) is 24.6. The largest absolute Gasteiger partial charge is 0.456 e. The Morgan fingerprint density at radius 2 is 1.45 bits per heavy atom. The number of nitrogens with zero attached hydrogens (tertiary/aromatic N) is 4. The number of hydrogen-bond acceptors (Lipinski definition) is 6. The number of rotatable bonds is 9. The van der Waals surface area contributed by atoms with E-state index in [0.717, 1.165) is 81.9 Å². The molecule has 2 aliphatic rings. The Bertz CT molecular complexity index is 1860. The average Bonchev–Trinajstić information content (AvgIpc) is 3.49. The van der Waals surface area contributed by atoms with Gasteiger partial charge in [0, 0.05) is 58.7 Å². The van der Waals surface area contributed by atoms with Crippen LogP contribution in [-0.4, -0.2) is 36.4 Å². The van der Waals surface area contributed by atoms with Crippen LogP contribution in [-0.2, 0) is 0 Å². The summed E-state index contributed by atoms with van der Waals surface area (Å²) in [7, 11) is 0. The lowest BCUT2D eigenvalue weighted by Crippen LogP contribution is -2.29. The fourth-order valence-corrected chi connectivity index (χ4v) is 5.64. The van der Waals surface area contributed by atoms with Gasteiger partial charge in [-0.3, -0.25) is 0 Å². The molecule has 0 saturated heterocycles. The molecule has 4 aromatic rings. The Labute approximate surface area is 246 Å². The minimum atomic E-state index is 0.344. The second-order valence-corrected chi connectivity index (χ2v) is 10.1. The van der Waals surface area contributed by atoms with E-state index >= 15 is 0 Å². The van der Waals surface area contributed by atoms with Crippen molar-refractivity contribution in [1.29, 1.82) is 0 Å². The fraction of sp³-hybridized carbons (Fsp3) is 0.229. The molecular weight excluding hydrogens is 522 g/mol. The molecule has 1 aromatic heterocycles. The Balaban J connectivity index is 1.57. The van der Waals surface area contributed by atoms with Crippen LogP contribution in [0.25, 0.3) is 44.9 Å². The normalized spacial score (nSPS) is 11.2. The predicted octanol–water partition coefficient (Wildman–Crippen LogP) is 7.66. The van der Waals surface area contributed by atoms with E-state index in [-0.39, 0.29) is 0 Å². The molecule has 0 saturated carbocycles. The standard InChI is InChI=1S/C35H35N5O2/c1-5-39(6-2)25-18-20-29-31(22-25)41-32-23-26(40(7-3)8-4)19-21-30(32)33(29)27-16-12-13-17-28(27)34-37-38-35(42-34)36-24-14-10-9-11-15-24/h9-23H,5-8H2,1-4H3/p+1. The number of hydrogen-bond donors (Lipinski definition) is 1. The molecule has 7 nitrogen and oxygen atoms in total. The SMILES string of the molecule is CCN(CC)c1ccc2c(-c3ccccc3-c3nnc(Nc4ccccc4)o3)c3ccc(=[N+](CC)CC)cc-3oc2c1. The van der Waals surface area contributed by atoms with E-state index < -0.39 is 0 Å². The molecule has 0 fully saturated rings. The van der Waals surface area contributed by atoms with Crippen molar-refractivity contribution in [2.24, 2.45) is 0 Å². The summed E-state index contributed by atoms with van der Waals surface area (Å²) in [5, 5.41) is 14.1. The summed E-state index contributed by atoms with van der Waals surface area (Å²) in [6, 6.07) is 31.4. The molecule has 2 heterocycles. The molecule has 0 atom stereocenters. The van der Waals surface area contributed by atoms with Crippen LogP contribution in [0.1, 0.15) is 27.7 Å². The van der Waals surface area contributed by atoms with Crippen molar-refractivity contribution in [2.45, 2.75) is 27.7 Å². The molecule has 3 aromatic carbocycles. The van der Waals surface area contributed by atoms with Crippen LogP contribution in [0.15, 0.2) is 99.8 Å². The number of aromatic nitrogens is 2. The van der Waals surface area contributed by atoms with Gasteiger partial charge in [-0.1, -0.05) is 41.5 Å². The van der Waals surface area contributed by atoms with Gasteiger partial charge >= 0.3 is 6.01 Å². The first kappa shape index (κ1) is 27.3. The van der Waals surface area contributed by atoms with Crippen molar-refractivity contribution < 1.29 is 8.83 Å². The highest BCUT2D eigenvalue weighted by atomic mass is 16.4. The molecule has 1 aliphatic carbocycles. The highest BCUT2D eigenvalue weighted by molar-refractivity contribution is 6.05. The van der Waals surface area contributed by atoms with Gasteiger partial charge in [0.2, 0.25) is 11.2 Å². The molecule has 0 spiro atoms. The summed E-state index contributed by atoms with van der Waals surface area (Å²) in [4.78, 5) is 2.33. The molecule has 0 unspecified atom stereocenters. The van der Waals surface area contributed by atoms with Gasteiger partial charge in [-0.2, -0.15) is 0 Å². The van der Waals surface area contributed by atoms with Crippen molar-refractivity contribution in [1.82, 2.24) is 14.8 Å². The number of fused-ring (bicyclic) bond motifs is 2. The molecule has 42 heavy (non-hydrogen) atoms. The van der Waals surface area contributed by atoms with Crippen LogP contribution in [0.4, 0.5) is 17.4 Å². The van der Waals surface area contributed by atoms with Crippen molar-refractivity contribution in [3.05, 3.63) is 96.4 Å². The molecule has 0 amide bonds.